The number of nitriles is 1. The highest BCUT2D eigenvalue weighted by Crippen LogP contribution is 2.30. The van der Waals surface area contributed by atoms with Gasteiger partial charge in [-0.25, -0.2) is 13.1 Å². The Labute approximate surface area is 235 Å². The van der Waals surface area contributed by atoms with Crippen molar-refractivity contribution in [2.75, 3.05) is 26.2 Å². The van der Waals surface area contributed by atoms with E-state index in [9.17, 15) is 18.5 Å². The van der Waals surface area contributed by atoms with Crippen LogP contribution in [0.5, 0.6) is 0 Å². The third-order valence-corrected chi connectivity index (χ3v) is 9.02. The summed E-state index contributed by atoms with van der Waals surface area (Å²) >= 11 is 0. The van der Waals surface area contributed by atoms with Crippen molar-refractivity contribution >= 4 is 22.0 Å². The number of carbonyl (C=O) groups is 1. The van der Waals surface area contributed by atoms with E-state index in [4.69, 9.17) is 9.84 Å². The number of amides is 1. The number of aromatic nitrogens is 2. The van der Waals surface area contributed by atoms with Crippen LogP contribution >= 0.6 is 0 Å². The van der Waals surface area contributed by atoms with Crippen molar-refractivity contribution in [1.29, 1.82) is 5.26 Å². The minimum absolute atomic E-state index is 0.0239. The molecule has 208 valence electrons. The number of sulfonamides is 1. The van der Waals surface area contributed by atoms with Gasteiger partial charge in [-0.05, 0) is 63.5 Å². The Bertz CT molecular complexity index is 1540. The van der Waals surface area contributed by atoms with E-state index in [1.807, 2.05) is 44.2 Å². The minimum Gasteiger partial charge on any atom is -0.373 e. The van der Waals surface area contributed by atoms with E-state index >= 15 is 0 Å². The van der Waals surface area contributed by atoms with Crippen LogP contribution in [0, 0.1) is 11.3 Å². The molecule has 2 aliphatic rings. The molecule has 0 N–H and O–H groups in total. The Balaban J connectivity index is 1.57. The number of rotatable bonds is 6. The summed E-state index contributed by atoms with van der Waals surface area (Å²) in [5, 5.41) is 14.7. The van der Waals surface area contributed by atoms with Gasteiger partial charge in [0.25, 0.3) is 5.91 Å². The molecule has 10 heteroatoms. The second-order valence-corrected chi connectivity index (χ2v) is 12.3. The first kappa shape index (κ1) is 27.8. The van der Waals surface area contributed by atoms with E-state index in [0.717, 1.165) is 24.9 Å². The number of benzene rings is 2. The van der Waals surface area contributed by atoms with Gasteiger partial charge in [0.15, 0.2) is 0 Å². The molecule has 2 saturated heterocycles. The number of nitrogens with zero attached hydrogens (tertiary/aromatic N) is 5. The van der Waals surface area contributed by atoms with Crippen molar-refractivity contribution in [3.63, 3.8) is 0 Å². The molecular formula is C30H33N5O4S. The molecule has 5 rings (SSSR count). The molecule has 0 radical (unpaired) electrons. The molecule has 2 aliphatic heterocycles. The quantitative estimate of drug-likeness (QED) is 0.330. The summed E-state index contributed by atoms with van der Waals surface area (Å²) in [6.07, 6.45) is 5.82. The largest absolute Gasteiger partial charge is 0.373 e. The number of para-hydroxylation sites is 1. The normalized spacial score (nSPS) is 20.7. The molecule has 2 aromatic carbocycles. The van der Waals surface area contributed by atoms with Gasteiger partial charge in [-0.2, -0.15) is 14.7 Å². The predicted octanol–water partition coefficient (Wildman–Crippen LogP) is 4.26. The molecule has 0 aliphatic carbocycles. The summed E-state index contributed by atoms with van der Waals surface area (Å²) in [7, 11) is -3.78. The zero-order valence-corrected chi connectivity index (χ0v) is 23.5. The molecule has 2 atom stereocenters. The van der Waals surface area contributed by atoms with Gasteiger partial charge in [-0.15, -0.1) is 0 Å². The van der Waals surface area contributed by atoms with E-state index in [-0.39, 0.29) is 41.7 Å². The summed E-state index contributed by atoms with van der Waals surface area (Å²) < 4.78 is 36.1. The fraction of sp³-hybridized carbons (Fsp3) is 0.367. The second-order valence-electron chi connectivity index (χ2n) is 10.3. The maximum atomic E-state index is 13.6. The number of hydrogen-bond donors (Lipinski definition) is 0. The lowest BCUT2D eigenvalue weighted by Gasteiger charge is -2.34. The van der Waals surface area contributed by atoms with Crippen molar-refractivity contribution in [1.82, 2.24) is 19.0 Å². The number of carbonyl (C=O) groups excluding carboxylic acids is 1. The van der Waals surface area contributed by atoms with Gasteiger partial charge in [-0.3, -0.25) is 4.79 Å². The molecule has 3 aromatic rings. The molecule has 0 unspecified atom stereocenters. The van der Waals surface area contributed by atoms with Crippen molar-refractivity contribution in [2.24, 2.45) is 0 Å². The van der Waals surface area contributed by atoms with Gasteiger partial charge < -0.3 is 9.64 Å². The maximum absolute atomic E-state index is 13.6. The predicted molar refractivity (Wildman–Crippen MR) is 152 cm³/mol. The molecule has 0 spiro atoms. The highest BCUT2D eigenvalue weighted by molar-refractivity contribution is 7.89. The van der Waals surface area contributed by atoms with Crippen LogP contribution in [0.4, 0.5) is 0 Å². The highest BCUT2D eigenvalue weighted by atomic mass is 32.2. The molecule has 1 amide bonds. The Morgan fingerprint density at radius 3 is 2.40 bits per heavy atom. The third-order valence-electron chi connectivity index (χ3n) is 7.19. The molecule has 1 aromatic heterocycles. The Morgan fingerprint density at radius 1 is 1.02 bits per heavy atom. The average Bonchev–Trinajstić information content (AvgIpc) is 3.40. The highest BCUT2D eigenvalue weighted by Gasteiger charge is 2.32. The van der Waals surface area contributed by atoms with E-state index in [2.05, 4.69) is 6.07 Å². The fourth-order valence-electron chi connectivity index (χ4n) is 5.27. The van der Waals surface area contributed by atoms with Crippen molar-refractivity contribution in [3.8, 4) is 23.0 Å². The topological polar surface area (TPSA) is 109 Å². The zero-order valence-electron chi connectivity index (χ0n) is 22.7. The number of piperidine rings is 1. The van der Waals surface area contributed by atoms with E-state index in [0.29, 0.717) is 29.9 Å². The smallest absolute Gasteiger partial charge is 0.264 e. The summed E-state index contributed by atoms with van der Waals surface area (Å²) in [4.78, 5) is 15.1. The third kappa shape index (κ3) is 5.87. The lowest BCUT2D eigenvalue weighted by atomic mass is 10.0. The van der Waals surface area contributed by atoms with E-state index in [1.54, 1.807) is 46.1 Å². The second kappa shape index (κ2) is 11.8. The van der Waals surface area contributed by atoms with Crippen LogP contribution in [-0.4, -0.2) is 71.7 Å². The van der Waals surface area contributed by atoms with E-state index < -0.39 is 10.0 Å². The number of likely N-dealkylation sites (tertiary alicyclic amines) is 1. The standard InChI is InChI=1S/C30H33N5O4S/c1-22-19-34(20-23(2)39-22)40(37,38)28-13-9-10-24(17-28)29-26(21-35(32-29)27-11-5-3-6-12-27)16-25(18-31)30(36)33-14-7-4-8-15-33/h3,5-6,9-13,16-17,21-23H,4,7-8,14-15,19-20H2,1-2H3/b25-16+/t22-,23+. The molecule has 2 fully saturated rings. The number of ether oxygens (including phenoxy) is 1. The van der Waals surface area contributed by atoms with Crippen molar-refractivity contribution in [3.05, 3.63) is 71.9 Å². The van der Waals surface area contributed by atoms with Gasteiger partial charge in [0.1, 0.15) is 17.3 Å². The van der Waals surface area contributed by atoms with Gasteiger partial charge in [0, 0.05) is 43.5 Å². The Kier molecular flexibility index (Phi) is 8.17. The Morgan fingerprint density at radius 2 is 1.73 bits per heavy atom. The molecular weight excluding hydrogens is 526 g/mol. The lowest BCUT2D eigenvalue weighted by Crippen LogP contribution is -2.48. The molecule has 40 heavy (non-hydrogen) atoms. The van der Waals surface area contributed by atoms with Crippen LogP contribution in [0.15, 0.2) is 71.3 Å². The van der Waals surface area contributed by atoms with Gasteiger partial charge in [0.2, 0.25) is 10.0 Å². The summed E-state index contributed by atoms with van der Waals surface area (Å²) in [6, 6.07) is 18.2. The number of hydrogen-bond acceptors (Lipinski definition) is 6. The zero-order chi connectivity index (χ0) is 28.3. The Hall–Kier alpha value is -3.78. The van der Waals surface area contributed by atoms with Crippen LogP contribution in [0.3, 0.4) is 0 Å². The summed E-state index contributed by atoms with van der Waals surface area (Å²) in [6.45, 7) is 5.54. The van der Waals surface area contributed by atoms with Crippen LogP contribution < -0.4 is 0 Å². The van der Waals surface area contributed by atoms with Crippen LogP contribution in [0.25, 0.3) is 23.0 Å². The molecule has 9 nitrogen and oxygen atoms in total. The first-order valence-corrected chi connectivity index (χ1v) is 15.0. The monoisotopic (exact) mass is 559 g/mol. The molecule has 0 bridgehead atoms. The minimum atomic E-state index is -3.78. The van der Waals surface area contributed by atoms with Crippen molar-refractivity contribution < 1.29 is 17.9 Å². The fourth-order valence-corrected chi connectivity index (χ4v) is 6.91. The first-order valence-electron chi connectivity index (χ1n) is 13.6. The molecule has 3 heterocycles. The average molecular weight is 560 g/mol. The maximum Gasteiger partial charge on any atom is 0.264 e. The first-order chi connectivity index (χ1) is 19.3. The number of morpholine rings is 1. The van der Waals surface area contributed by atoms with Gasteiger partial charge in [-0.1, -0.05) is 30.3 Å². The summed E-state index contributed by atoms with van der Waals surface area (Å²) in [5.41, 5.74) is 2.41. The van der Waals surface area contributed by atoms with Crippen molar-refractivity contribution in [2.45, 2.75) is 50.2 Å². The van der Waals surface area contributed by atoms with Gasteiger partial charge in [0.05, 0.1) is 22.8 Å². The van der Waals surface area contributed by atoms with Gasteiger partial charge >= 0.3 is 0 Å². The van der Waals surface area contributed by atoms with Crippen LogP contribution in [-0.2, 0) is 19.6 Å². The SMILES string of the molecule is C[C@@H]1CN(S(=O)(=O)c2cccc(-c3nn(-c4ccccc4)cc3/C=C(\C#N)C(=O)N3CCCCC3)c2)C[C@H](C)O1. The van der Waals surface area contributed by atoms with Crippen LogP contribution in [0.2, 0.25) is 0 Å². The lowest BCUT2D eigenvalue weighted by molar-refractivity contribution is -0.127. The van der Waals surface area contributed by atoms with Crippen LogP contribution in [0.1, 0.15) is 38.7 Å². The van der Waals surface area contributed by atoms with E-state index in [1.165, 1.54) is 4.31 Å². The molecule has 0 saturated carbocycles. The summed E-state index contributed by atoms with van der Waals surface area (Å²) in [5.74, 6) is -0.299.